The molecule has 3 aromatic carbocycles. The fourth-order valence-corrected chi connectivity index (χ4v) is 6.92. The van der Waals surface area contributed by atoms with E-state index >= 15 is 0 Å². The molecule has 0 radical (unpaired) electrons. The molecule has 1 fully saturated rings. The zero-order valence-electron chi connectivity index (χ0n) is 28.1. The second kappa shape index (κ2) is 15.4. The number of anilines is 2. The van der Waals surface area contributed by atoms with Crippen LogP contribution < -0.4 is 25.8 Å². The van der Waals surface area contributed by atoms with Gasteiger partial charge in [-0.2, -0.15) is 0 Å². The maximum Gasteiger partial charge on any atom is 0.411 e. The Balaban J connectivity index is 1.84. The van der Waals surface area contributed by atoms with Gasteiger partial charge in [0.2, 0.25) is 11.8 Å². The van der Waals surface area contributed by atoms with Crippen LogP contribution in [0.1, 0.15) is 81.0 Å². The van der Waals surface area contributed by atoms with Crippen LogP contribution in [0.25, 0.3) is 0 Å². The lowest BCUT2D eigenvalue weighted by Crippen LogP contribution is -2.38. The van der Waals surface area contributed by atoms with Crippen molar-refractivity contribution in [2.24, 2.45) is 5.73 Å². The van der Waals surface area contributed by atoms with Gasteiger partial charge in [0.25, 0.3) is 0 Å². The smallest absolute Gasteiger partial charge is 0.411 e. The topological polar surface area (TPSA) is 166 Å². The number of benzene rings is 3. The zero-order chi connectivity index (χ0) is 35.2. The van der Waals surface area contributed by atoms with Crippen molar-refractivity contribution in [1.29, 1.82) is 0 Å². The van der Waals surface area contributed by atoms with Crippen molar-refractivity contribution in [2.45, 2.75) is 75.8 Å². The summed E-state index contributed by atoms with van der Waals surface area (Å²) in [5, 5.41) is 5.17. The van der Waals surface area contributed by atoms with Gasteiger partial charge in [0, 0.05) is 23.5 Å². The maximum atomic E-state index is 14.7. The van der Waals surface area contributed by atoms with E-state index in [9.17, 15) is 22.8 Å². The first kappa shape index (κ1) is 36.1. The molecule has 48 heavy (non-hydrogen) atoms. The molecule has 0 aliphatic carbocycles. The Morgan fingerprint density at radius 1 is 0.979 bits per heavy atom. The van der Waals surface area contributed by atoms with E-state index in [1.807, 2.05) is 20.8 Å². The second-order valence-corrected chi connectivity index (χ2v) is 14.5. The first-order valence-corrected chi connectivity index (χ1v) is 17.4. The highest BCUT2D eigenvalue weighted by molar-refractivity contribution is 7.92. The molecule has 1 saturated heterocycles. The molecule has 1 heterocycles. The van der Waals surface area contributed by atoms with Crippen molar-refractivity contribution in [2.75, 3.05) is 30.9 Å². The number of nitrogens with two attached hydrogens (primary N) is 1. The van der Waals surface area contributed by atoms with Crippen molar-refractivity contribution in [3.05, 3.63) is 77.4 Å². The molecule has 2 atom stereocenters. The van der Waals surface area contributed by atoms with Crippen LogP contribution in [0.4, 0.5) is 16.2 Å². The normalized spacial score (nSPS) is 15.2. The highest BCUT2D eigenvalue weighted by Gasteiger charge is 2.38. The maximum absolute atomic E-state index is 14.7. The number of likely N-dealkylation sites (tertiary alicyclic amines) is 1. The quantitative estimate of drug-likeness (QED) is 0.201. The molecule has 13 heteroatoms. The number of sulfone groups is 1. The number of methoxy groups -OCH3 is 1. The number of ether oxygens (including phenoxy) is 3. The van der Waals surface area contributed by atoms with Crippen LogP contribution in [0.15, 0.2) is 65.6 Å². The van der Waals surface area contributed by atoms with E-state index in [0.717, 1.165) is 0 Å². The summed E-state index contributed by atoms with van der Waals surface area (Å²) in [4.78, 5) is 40.5. The summed E-state index contributed by atoms with van der Waals surface area (Å²) in [6.45, 7) is 9.57. The Hall–Kier alpha value is -4.78. The van der Waals surface area contributed by atoms with E-state index in [0.29, 0.717) is 60.0 Å². The van der Waals surface area contributed by atoms with E-state index in [1.54, 1.807) is 67.3 Å². The Morgan fingerprint density at radius 3 is 2.38 bits per heavy atom. The fourth-order valence-electron chi connectivity index (χ4n) is 5.63. The van der Waals surface area contributed by atoms with Gasteiger partial charge in [-0.05, 0) is 107 Å². The van der Waals surface area contributed by atoms with Gasteiger partial charge in [-0.15, -0.1) is 0 Å². The number of amides is 3. The van der Waals surface area contributed by atoms with E-state index < -0.39 is 39.2 Å². The monoisotopic (exact) mass is 680 g/mol. The predicted molar refractivity (Wildman–Crippen MR) is 183 cm³/mol. The molecule has 1 aliphatic heterocycles. The first-order valence-electron chi connectivity index (χ1n) is 15.9. The van der Waals surface area contributed by atoms with Crippen molar-refractivity contribution in [3.63, 3.8) is 0 Å². The highest BCUT2D eigenvalue weighted by Crippen LogP contribution is 2.41. The molecule has 1 aliphatic rings. The molecular formula is C35H44N4O8S. The second-order valence-electron chi connectivity index (χ2n) is 12.0. The standard InChI is InChI=1S/C35H44N4O8S/c1-7-46-30-19-23(13-15-29(30)47-21(2)3)32(37-25-11-8-10-24(18-25)33(36)40)34(41)39-17-9-12-28(39)27-20-26(38-35(42)45-6)14-16-31(27)48(43,44)22(4)5/h8,10-11,13-16,18-22,28,32,37H,7,9,12,17H2,1-6H3,(H2,36,40)(H,38,42)/t28-,32+/m1/s1. The molecule has 12 nitrogen and oxygen atoms in total. The molecule has 0 aromatic heterocycles. The van der Waals surface area contributed by atoms with Crippen molar-refractivity contribution in [3.8, 4) is 11.5 Å². The summed E-state index contributed by atoms with van der Waals surface area (Å²) in [5.41, 5.74) is 7.58. The average Bonchev–Trinajstić information content (AvgIpc) is 3.54. The number of hydrogen-bond donors (Lipinski definition) is 3. The van der Waals surface area contributed by atoms with Gasteiger partial charge in [-0.1, -0.05) is 12.1 Å². The summed E-state index contributed by atoms with van der Waals surface area (Å²) >= 11 is 0. The lowest BCUT2D eigenvalue weighted by atomic mass is 10.0. The number of primary amides is 1. The number of carbonyl (C=O) groups is 3. The van der Waals surface area contributed by atoms with E-state index in [4.69, 9.17) is 19.9 Å². The van der Waals surface area contributed by atoms with Crippen molar-refractivity contribution >= 4 is 39.1 Å². The minimum atomic E-state index is -3.78. The molecular weight excluding hydrogens is 636 g/mol. The van der Waals surface area contributed by atoms with Gasteiger partial charge < -0.3 is 30.2 Å². The molecule has 4 rings (SSSR count). The van der Waals surface area contributed by atoms with Crippen LogP contribution in [-0.2, 0) is 19.4 Å². The van der Waals surface area contributed by atoms with Gasteiger partial charge in [0.05, 0.1) is 36.0 Å². The fraction of sp³-hybridized carbons (Fsp3) is 0.400. The van der Waals surface area contributed by atoms with Crippen LogP contribution in [0, 0.1) is 0 Å². The van der Waals surface area contributed by atoms with Crippen molar-refractivity contribution in [1.82, 2.24) is 4.90 Å². The third-order valence-corrected chi connectivity index (χ3v) is 10.2. The minimum absolute atomic E-state index is 0.0881. The molecule has 0 spiro atoms. The Morgan fingerprint density at radius 2 is 1.73 bits per heavy atom. The van der Waals surface area contributed by atoms with Crippen LogP contribution in [0.3, 0.4) is 0 Å². The van der Waals surface area contributed by atoms with Gasteiger partial charge in [-0.3, -0.25) is 14.9 Å². The number of rotatable bonds is 13. The first-order chi connectivity index (χ1) is 22.8. The van der Waals surface area contributed by atoms with Crippen LogP contribution in [-0.4, -0.2) is 62.8 Å². The Kier molecular flexibility index (Phi) is 11.6. The summed E-state index contributed by atoms with van der Waals surface area (Å²) in [6.07, 6.45) is 0.274. The summed E-state index contributed by atoms with van der Waals surface area (Å²) in [5.74, 6) is 0.0320. The lowest BCUT2D eigenvalue weighted by molar-refractivity contribution is -0.133. The van der Waals surface area contributed by atoms with Gasteiger partial charge >= 0.3 is 6.09 Å². The Labute approximate surface area is 281 Å². The zero-order valence-corrected chi connectivity index (χ0v) is 28.9. The van der Waals surface area contributed by atoms with Crippen LogP contribution >= 0.6 is 0 Å². The van der Waals surface area contributed by atoms with Gasteiger partial charge in [0.15, 0.2) is 21.3 Å². The summed E-state index contributed by atoms with van der Waals surface area (Å²) in [7, 11) is -2.55. The summed E-state index contributed by atoms with van der Waals surface area (Å²) in [6, 6.07) is 14.7. The third-order valence-electron chi connectivity index (χ3n) is 7.93. The highest BCUT2D eigenvalue weighted by atomic mass is 32.2. The number of hydrogen-bond acceptors (Lipinski definition) is 9. The van der Waals surface area contributed by atoms with E-state index in [1.165, 1.54) is 19.2 Å². The largest absolute Gasteiger partial charge is 0.490 e. The number of nitrogens with one attached hydrogen (secondary N) is 2. The SMILES string of the molecule is CCOc1cc([C@H](Nc2cccc(C(N)=O)c2)C(=O)N2CCC[C@@H]2c2cc(NC(=O)OC)ccc2S(=O)(=O)C(C)C)ccc1OC(C)C. The van der Waals surface area contributed by atoms with Gasteiger partial charge in [-0.25, -0.2) is 13.2 Å². The predicted octanol–water partition coefficient (Wildman–Crippen LogP) is 5.85. The number of carbonyl (C=O) groups excluding carboxylic acids is 3. The van der Waals surface area contributed by atoms with Crippen LogP contribution in [0.2, 0.25) is 0 Å². The van der Waals surface area contributed by atoms with E-state index in [-0.39, 0.29) is 22.5 Å². The molecule has 0 saturated carbocycles. The molecule has 258 valence electrons. The molecule has 3 aromatic rings. The average molecular weight is 681 g/mol. The van der Waals surface area contributed by atoms with E-state index in [2.05, 4.69) is 10.6 Å². The third kappa shape index (κ3) is 8.19. The number of nitrogens with zero attached hydrogens (tertiary/aromatic N) is 1. The minimum Gasteiger partial charge on any atom is -0.490 e. The summed E-state index contributed by atoms with van der Waals surface area (Å²) < 4.78 is 43.7. The molecule has 0 unspecified atom stereocenters. The van der Waals surface area contributed by atoms with Crippen LogP contribution in [0.5, 0.6) is 11.5 Å². The Bertz CT molecular complexity index is 1760. The lowest BCUT2D eigenvalue weighted by Gasteiger charge is -2.32. The molecule has 0 bridgehead atoms. The van der Waals surface area contributed by atoms with Gasteiger partial charge in [0.1, 0.15) is 6.04 Å². The molecule has 4 N–H and O–H groups in total. The van der Waals surface area contributed by atoms with Crippen molar-refractivity contribution < 1.29 is 37.0 Å². The molecule has 3 amide bonds.